The molecule has 8 heteroatoms. The lowest BCUT2D eigenvalue weighted by Gasteiger charge is -2.32. The molecule has 31 heavy (non-hydrogen) atoms. The Balaban J connectivity index is 1.24. The SMILES string of the molecule is O=C(c1ccc(F)cc1F)N1CCC(Cn2ccc3nc(-c4cn[nH]c4)ccc32)CC1. The monoisotopic (exact) mass is 421 g/mol. The second-order valence-electron chi connectivity index (χ2n) is 7.92. The molecule has 0 bridgehead atoms. The van der Waals surface area contributed by atoms with E-state index in [1.807, 2.05) is 24.5 Å². The minimum absolute atomic E-state index is 0.0734. The molecule has 6 nitrogen and oxygen atoms in total. The number of aromatic amines is 1. The van der Waals surface area contributed by atoms with E-state index < -0.39 is 11.6 Å². The largest absolute Gasteiger partial charge is 0.346 e. The molecule has 1 amide bonds. The maximum Gasteiger partial charge on any atom is 0.256 e. The van der Waals surface area contributed by atoms with Gasteiger partial charge in [-0.2, -0.15) is 5.10 Å². The van der Waals surface area contributed by atoms with Gasteiger partial charge in [0, 0.05) is 43.7 Å². The summed E-state index contributed by atoms with van der Waals surface area (Å²) >= 11 is 0. The van der Waals surface area contributed by atoms with Gasteiger partial charge in [-0.05, 0) is 49.1 Å². The summed E-state index contributed by atoms with van der Waals surface area (Å²) in [6.07, 6.45) is 7.27. The van der Waals surface area contributed by atoms with Crippen molar-refractivity contribution < 1.29 is 13.6 Å². The maximum absolute atomic E-state index is 13.9. The first-order valence-corrected chi connectivity index (χ1v) is 10.3. The van der Waals surface area contributed by atoms with Crippen LogP contribution in [0.2, 0.25) is 0 Å². The third kappa shape index (κ3) is 3.81. The van der Waals surface area contributed by atoms with Gasteiger partial charge < -0.3 is 9.47 Å². The Kier molecular flexibility index (Phi) is 4.97. The Hall–Kier alpha value is -3.55. The molecule has 0 unspecified atom stereocenters. The van der Waals surface area contributed by atoms with Crippen molar-refractivity contribution in [3.8, 4) is 11.3 Å². The number of piperidine rings is 1. The second-order valence-corrected chi connectivity index (χ2v) is 7.92. The highest BCUT2D eigenvalue weighted by Gasteiger charge is 2.26. The Bertz CT molecular complexity index is 1230. The number of aromatic nitrogens is 4. The quantitative estimate of drug-likeness (QED) is 0.536. The summed E-state index contributed by atoms with van der Waals surface area (Å²) in [5.74, 6) is -1.46. The predicted molar refractivity (Wildman–Crippen MR) is 112 cm³/mol. The van der Waals surface area contributed by atoms with Gasteiger partial charge in [-0.15, -0.1) is 0 Å². The highest BCUT2D eigenvalue weighted by atomic mass is 19.1. The zero-order chi connectivity index (χ0) is 21.4. The Morgan fingerprint density at radius 3 is 2.71 bits per heavy atom. The number of fused-ring (bicyclic) bond motifs is 1. The number of benzene rings is 1. The third-order valence-corrected chi connectivity index (χ3v) is 5.94. The zero-order valence-electron chi connectivity index (χ0n) is 16.8. The average molecular weight is 421 g/mol. The number of H-pyrrole nitrogens is 1. The molecule has 1 aromatic carbocycles. The highest BCUT2D eigenvalue weighted by molar-refractivity contribution is 5.94. The van der Waals surface area contributed by atoms with Gasteiger partial charge in [-0.25, -0.2) is 13.8 Å². The van der Waals surface area contributed by atoms with E-state index in [4.69, 9.17) is 4.98 Å². The number of nitrogens with zero attached hydrogens (tertiary/aromatic N) is 4. The fourth-order valence-electron chi connectivity index (χ4n) is 4.21. The van der Waals surface area contributed by atoms with Gasteiger partial charge in [-0.1, -0.05) is 0 Å². The van der Waals surface area contributed by atoms with Crippen LogP contribution in [0.5, 0.6) is 0 Å². The summed E-state index contributed by atoms with van der Waals surface area (Å²) in [6, 6.07) is 9.16. The van der Waals surface area contributed by atoms with Crippen molar-refractivity contribution in [1.82, 2.24) is 24.6 Å². The zero-order valence-corrected chi connectivity index (χ0v) is 16.8. The van der Waals surface area contributed by atoms with E-state index in [9.17, 15) is 13.6 Å². The van der Waals surface area contributed by atoms with Crippen molar-refractivity contribution in [2.75, 3.05) is 13.1 Å². The van der Waals surface area contributed by atoms with Gasteiger partial charge >= 0.3 is 0 Å². The van der Waals surface area contributed by atoms with Crippen molar-refractivity contribution in [2.45, 2.75) is 19.4 Å². The van der Waals surface area contributed by atoms with E-state index in [-0.39, 0.29) is 11.5 Å². The molecule has 0 saturated carbocycles. The van der Waals surface area contributed by atoms with Gasteiger partial charge in [0.2, 0.25) is 0 Å². The molecule has 4 aromatic rings. The van der Waals surface area contributed by atoms with Crippen molar-refractivity contribution in [3.05, 3.63) is 72.2 Å². The number of likely N-dealkylation sites (tertiary alicyclic amines) is 1. The lowest BCUT2D eigenvalue weighted by Crippen LogP contribution is -2.39. The van der Waals surface area contributed by atoms with Crippen LogP contribution in [0.1, 0.15) is 23.2 Å². The van der Waals surface area contributed by atoms with Crippen molar-refractivity contribution in [2.24, 2.45) is 5.92 Å². The molecule has 3 aromatic heterocycles. The van der Waals surface area contributed by atoms with Gasteiger partial charge in [0.1, 0.15) is 11.6 Å². The fraction of sp³-hybridized carbons (Fsp3) is 0.261. The van der Waals surface area contributed by atoms with Gasteiger partial charge in [0.15, 0.2) is 0 Å². The highest BCUT2D eigenvalue weighted by Crippen LogP contribution is 2.25. The fourth-order valence-corrected chi connectivity index (χ4v) is 4.21. The summed E-state index contributed by atoms with van der Waals surface area (Å²) in [6.45, 7) is 1.95. The summed E-state index contributed by atoms with van der Waals surface area (Å²) in [4.78, 5) is 19.0. The molecule has 1 aliphatic heterocycles. The molecule has 0 atom stereocenters. The van der Waals surface area contributed by atoms with Crippen LogP contribution in [0.4, 0.5) is 8.78 Å². The van der Waals surface area contributed by atoms with E-state index in [0.29, 0.717) is 19.0 Å². The van der Waals surface area contributed by atoms with Crippen molar-refractivity contribution in [3.63, 3.8) is 0 Å². The summed E-state index contributed by atoms with van der Waals surface area (Å²) < 4.78 is 29.3. The summed E-state index contributed by atoms with van der Waals surface area (Å²) in [5, 5.41) is 6.77. The van der Waals surface area contributed by atoms with E-state index in [1.54, 1.807) is 11.1 Å². The number of pyridine rings is 1. The molecule has 1 saturated heterocycles. The van der Waals surface area contributed by atoms with E-state index >= 15 is 0 Å². The molecule has 1 aliphatic rings. The van der Waals surface area contributed by atoms with Crippen LogP contribution in [-0.4, -0.2) is 43.6 Å². The van der Waals surface area contributed by atoms with Crippen LogP contribution in [0.15, 0.2) is 55.0 Å². The third-order valence-electron chi connectivity index (χ3n) is 5.94. The Morgan fingerprint density at radius 1 is 1.13 bits per heavy atom. The lowest BCUT2D eigenvalue weighted by molar-refractivity contribution is 0.0678. The number of rotatable bonds is 4. The molecular weight excluding hydrogens is 400 g/mol. The van der Waals surface area contributed by atoms with Crippen LogP contribution < -0.4 is 0 Å². The minimum atomic E-state index is -0.812. The lowest BCUT2D eigenvalue weighted by atomic mass is 9.96. The molecule has 158 valence electrons. The molecule has 0 radical (unpaired) electrons. The minimum Gasteiger partial charge on any atom is -0.346 e. The molecule has 0 aliphatic carbocycles. The summed E-state index contributed by atoms with van der Waals surface area (Å²) in [5.41, 5.74) is 3.75. The van der Waals surface area contributed by atoms with E-state index in [1.165, 1.54) is 6.07 Å². The van der Waals surface area contributed by atoms with E-state index in [0.717, 1.165) is 53.8 Å². The first kappa shape index (κ1) is 19.4. The van der Waals surface area contributed by atoms with Gasteiger partial charge in [0.05, 0.1) is 28.5 Å². The Labute approximate surface area is 177 Å². The van der Waals surface area contributed by atoms with E-state index in [2.05, 4.69) is 20.8 Å². The van der Waals surface area contributed by atoms with Crippen LogP contribution in [0.25, 0.3) is 22.3 Å². The standard InChI is InChI=1S/C23H21F2N5O/c24-17-1-2-18(19(25)11-17)23(31)29-8-5-15(6-9-29)14-30-10-7-21-22(30)4-3-20(28-21)16-12-26-27-13-16/h1-4,7,10-13,15H,5-6,8-9,14H2,(H,26,27). The van der Waals surface area contributed by atoms with Gasteiger partial charge in [-0.3, -0.25) is 9.89 Å². The maximum atomic E-state index is 13.9. The molecule has 1 N–H and O–H groups in total. The number of halogens is 2. The van der Waals surface area contributed by atoms with Crippen LogP contribution in [-0.2, 0) is 6.54 Å². The molecular formula is C23H21F2N5O. The summed E-state index contributed by atoms with van der Waals surface area (Å²) in [7, 11) is 0. The van der Waals surface area contributed by atoms with Crippen LogP contribution in [0, 0.1) is 17.6 Å². The molecule has 1 fully saturated rings. The first-order chi connectivity index (χ1) is 15.1. The molecule has 4 heterocycles. The smallest absolute Gasteiger partial charge is 0.256 e. The van der Waals surface area contributed by atoms with Gasteiger partial charge in [0.25, 0.3) is 5.91 Å². The first-order valence-electron chi connectivity index (χ1n) is 10.3. The molecule has 0 spiro atoms. The van der Waals surface area contributed by atoms with Crippen LogP contribution >= 0.6 is 0 Å². The number of hydrogen-bond acceptors (Lipinski definition) is 3. The predicted octanol–water partition coefficient (Wildman–Crippen LogP) is 4.26. The average Bonchev–Trinajstić information content (AvgIpc) is 3.44. The molecule has 5 rings (SSSR count). The van der Waals surface area contributed by atoms with Crippen molar-refractivity contribution in [1.29, 1.82) is 0 Å². The number of hydrogen-bond donors (Lipinski definition) is 1. The Morgan fingerprint density at radius 2 is 1.97 bits per heavy atom. The van der Waals surface area contributed by atoms with Crippen molar-refractivity contribution >= 4 is 16.9 Å². The second kappa shape index (κ2) is 7.94. The topological polar surface area (TPSA) is 66.8 Å². The number of nitrogens with one attached hydrogen (secondary N) is 1. The normalized spacial score (nSPS) is 15.0. The number of carbonyl (C=O) groups excluding carboxylic acids is 1. The number of carbonyl (C=O) groups is 1. The van der Waals surface area contributed by atoms with Crippen LogP contribution in [0.3, 0.4) is 0 Å². The number of amides is 1.